The molecule has 6 heteroatoms. The van der Waals surface area contributed by atoms with Gasteiger partial charge in [0.1, 0.15) is 0 Å². The Morgan fingerprint density at radius 3 is 2.79 bits per heavy atom. The molecule has 0 spiro atoms. The molecule has 0 bridgehead atoms. The van der Waals surface area contributed by atoms with Gasteiger partial charge in [0, 0.05) is 5.56 Å². The highest BCUT2D eigenvalue weighted by atomic mass is 16.4. The molecule has 0 radical (unpaired) electrons. The van der Waals surface area contributed by atoms with Crippen molar-refractivity contribution in [3.05, 3.63) is 41.6 Å². The molecule has 19 heavy (non-hydrogen) atoms. The molecule has 3 rings (SSSR count). The zero-order valence-corrected chi connectivity index (χ0v) is 10.3. The summed E-state index contributed by atoms with van der Waals surface area (Å²) in [5.41, 5.74) is 7.98. The van der Waals surface area contributed by atoms with Crippen LogP contribution >= 0.6 is 0 Å². The van der Waals surface area contributed by atoms with E-state index in [0.717, 1.165) is 36.2 Å². The van der Waals surface area contributed by atoms with Gasteiger partial charge in [0.2, 0.25) is 0 Å². The fourth-order valence-corrected chi connectivity index (χ4v) is 2.39. The summed E-state index contributed by atoms with van der Waals surface area (Å²) in [5.74, 6) is 0.709. The van der Waals surface area contributed by atoms with E-state index in [0.29, 0.717) is 5.82 Å². The summed E-state index contributed by atoms with van der Waals surface area (Å²) in [7, 11) is 0. The van der Waals surface area contributed by atoms with Gasteiger partial charge in [-0.2, -0.15) is 5.10 Å². The van der Waals surface area contributed by atoms with Gasteiger partial charge in [0.05, 0.1) is 11.4 Å². The van der Waals surface area contributed by atoms with E-state index in [9.17, 15) is 4.79 Å². The highest BCUT2D eigenvalue weighted by Crippen LogP contribution is 2.30. The molecule has 1 aliphatic rings. The second-order valence-corrected chi connectivity index (χ2v) is 4.43. The summed E-state index contributed by atoms with van der Waals surface area (Å²) in [6.07, 6.45) is 1.81. The van der Waals surface area contributed by atoms with E-state index >= 15 is 0 Å². The third kappa shape index (κ3) is 2.12. The molecule has 1 aromatic heterocycles. The summed E-state index contributed by atoms with van der Waals surface area (Å²) in [6, 6.07) is 9.67. The van der Waals surface area contributed by atoms with Crippen molar-refractivity contribution in [1.29, 1.82) is 0 Å². The highest BCUT2D eigenvalue weighted by Gasteiger charge is 2.23. The number of aryl methyl sites for hydroxylation is 1. The molecule has 6 nitrogen and oxygen atoms in total. The summed E-state index contributed by atoms with van der Waals surface area (Å²) in [6.45, 7) is 0. The molecule has 0 fully saturated rings. The van der Waals surface area contributed by atoms with Crippen LogP contribution in [0.5, 0.6) is 0 Å². The second-order valence-electron chi connectivity index (χ2n) is 4.43. The molecule has 98 valence electrons. The quantitative estimate of drug-likeness (QED) is 0.735. The number of hydrogen-bond acceptors (Lipinski definition) is 3. The highest BCUT2D eigenvalue weighted by molar-refractivity contribution is 5.67. The molecule has 1 aliphatic carbocycles. The predicted octanol–water partition coefficient (Wildman–Crippen LogP) is 1.96. The lowest BCUT2D eigenvalue weighted by molar-refractivity contribution is 0.197. The summed E-state index contributed by atoms with van der Waals surface area (Å²) in [4.78, 5) is 10.6. The molecule has 1 aromatic carbocycles. The first-order valence-electron chi connectivity index (χ1n) is 6.17. The van der Waals surface area contributed by atoms with Crippen LogP contribution in [0.4, 0.5) is 10.6 Å². The standard InChI is InChI=1S/C13H14N4O2/c18-13(19)15-14-12-10-7-4-8-11(10)16-17(12)9-5-2-1-3-6-9/h1-3,5-6,14-15H,4,7-8H2,(H,18,19). The SMILES string of the molecule is O=C(O)NNc1c2c(nn1-c1ccccc1)CCC2. The van der Waals surface area contributed by atoms with Crippen molar-refractivity contribution in [1.82, 2.24) is 15.2 Å². The number of nitrogens with one attached hydrogen (secondary N) is 2. The van der Waals surface area contributed by atoms with E-state index in [2.05, 4.69) is 16.0 Å². The smallest absolute Gasteiger partial charge is 0.423 e. The van der Waals surface area contributed by atoms with Gasteiger partial charge < -0.3 is 5.11 Å². The van der Waals surface area contributed by atoms with Crippen molar-refractivity contribution >= 4 is 11.9 Å². The van der Waals surface area contributed by atoms with Crippen LogP contribution in [0.15, 0.2) is 30.3 Å². The van der Waals surface area contributed by atoms with Crippen LogP contribution in [0.3, 0.4) is 0 Å². The summed E-state index contributed by atoms with van der Waals surface area (Å²) in [5, 5.41) is 13.3. The first-order valence-corrected chi connectivity index (χ1v) is 6.17. The number of carbonyl (C=O) groups is 1. The zero-order valence-electron chi connectivity index (χ0n) is 10.3. The van der Waals surface area contributed by atoms with Crippen LogP contribution in [0.2, 0.25) is 0 Å². The fourth-order valence-electron chi connectivity index (χ4n) is 2.39. The minimum atomic E-state index is -1.12. The maximum absolute atomic E-state index is 10.6. The molecule has 1 amide bonds. The normalized spacial score (nSPS) is 13.1. The molecular formula is C13H14N4O2. The molecule has 0 aliphatic heterocycles. The predicted molar refractivity (Wildman–Crippen MR) is 70.4 cm³/mol. The van der Waals surface area contributed by atoms with E-state index < -0.39 is 6.09 Å². The van der Waals surface area contributed by atoms with Crippen LogP contribution in [-0.4, -0.2) is 21.0 Å². The Labute approximate surface area is 110 Å². The average molecular weight is 258 g/mol. The molecular weight excluding hydrogens is 244 g/mol. The van der Waals surface area contributed by atoms with Gasteiger partial charge in [-0.1, -0.05) is 18.2 Å². The van der Waals surface area contributed by atoms with Crippen LogP contribution in [0, 0.1) is 0 Å². The Bertz CT molecular complexity index is 607. The number of fused-ring (bicyclic) bond motifs is 1. The minimum Gasteiger partial charge on any atom is -0.464 e. The largest absolute Gasteiger partial charge is 0.464 e. The molecule has 0 saturated heterocycles. The van der Waals surface area contributed by atoms with Crippen LogP contribution < -0.4 is 10.9 Å². The lowest BCUT2D eigenvalue weighted by atomic mass is 10.2. The lowest BCUT2D eigenvalue weighted by Crippen LogP contribution is -2.29. The Kier molecular flexibility index (Phi) is 2.83. The van der Waals surface area contributed by atoms with Crippen molar-refractivity contribution in [2.75, 3.05) is 5.43 Å². The van der Waals surface area contributed by atoms with Crippen LogP contribution in [0.25, 0.3) is 5.69 Å². The number of para-hydroxylation sites is 1. The molecule has 1 heterocycles. The van der Waals surface area contributed by atoms with Crippen molar-refractivity contribution < 1.29 is 9.90 Å². The summed E-state index contributed by atoms with van der Waals surface area (Å²) < 4.78 is 1.75. The Balaban J connectivity index is 2.02. The van der Waals surface area contributed by atoms with Crippen molar-refractivity contribution in [2.45, 2.75) is 19.3 Å². The second kappa shape index (κ2) is 4.64. The van der Waals surface area contributed by atoms with E-state index in [1.807, 2.05) is 30.3 Å². The fraction of sp³-hybridized carbons (Fsp3) is 0.231. The molecule has 0 saturated carbocycles. The number of nitrogens with zero attached hydrogens (tertiary/aromatic N) is 2. The van der Waals surface area contributed by atoms with Crippen molar-refractivity contribution in [3.63, 3.8) is 0 Å². The third-order valence-electron chi connectivity index (χ3n) is 3.20. The molecule has 3 N–H and O–H groups in total. The van der Waals surface area contributed by atoms with Crippen molar-refractivity contribution in [3.8, 4) is 5.69 Å². The number of anilines is 1. The third-order valence-corrected chi connectivity index (χ3v) is 3.20. The van der Waals surface area contributed by atoms with Gasteiger partial charge in [-0.25, -0.2) is 14.9 Å². The summed E-state index contributed by atoms with van der Waals surface area (Å²) >= 11 is 0. The van der Waals surface area contributed by atoms with Gasteiger partial charge in [-0.15, -0.1) is 0 Å². The van der Waals surface area contributed by atoms with Crippen LogP contribution in [0.1, 0.15) is 17.7 Å². The van der Waals surface area contributed by atoms with Crippen LogP contribution in [-0.2, 0) is 12.8 Å². The van der Waals surface area contributed by atoms with E-state index in [4.69, 9.17) is 5.11 Å². The van der Waals surface area contributed by atoms with Crippen molar-refractivity contribution in [2.24, 2.45) is 0 Å². The van der Waals surface area contributed by atoms with E-state index in [1.165, 1.54) is 0 Å². The Morgan fingerprint density at radius 1 is 1.26 bits per heavy atom. The molecule has 2 aromatic rings. The van der Waals surface area contributed by atoms with E-state index in [-0.39, 0.29) is 0 Å². The topological polar surface area (TPSA) is 79.2 Å². The minimum absolute atomic E-state index is 0.709. The van der Waals surface area contributed by atoms with Gasteiger partial charge in [-0.3, -0.25) is 5.43 Å². The number of rotatable bonds is 3. The first-order chi connectivity index (χ1) is 9.25. The van der Waals surface area contributed by atoms with Gasteiger partial charge in [0.25, 0.3) is 0 Å². The first kappa shape index (κ1) is 11.6. The molecule has 0 unspecified atom stereocenters. The monoisotopic (exact) mass is 258 g/mol. The van der Waals surface area contributed by atoms with Gasteiger partial charge >= 0.3 is 6.09 Å². The maximum Gasteiger partial charge on any atom is 0.423 e. The van der Waals surface area contributed by atoms with Gasteiger partial charge in [-0.05, 0) is 31.4 Å². The van der Waals surface area contributed by atoms with Gasteiger partial charge in [0.15, 0.2) is 5.82 Å². The number of hydrazine groups is 1. The number of amides is 1. The Morgan fingerprint density at radius 2 is 2.05 bits per heavy atom. The number of hydrogen-bond donors (Lipinski definition) is 3. The number of carboxylic acid groups (broad SMARTS) is 1. The number of aromatic nitrogens is 2. The Hall–Kier alpha value is -2.50. The average Bonchev–Trinajstić information content (AvgIpc) is 2.98. The maximum atomic E-state index is 10.6. The number of benzene rings is 1. The zero-order chi connectivity index (χ0) is 13.2. The lowest BCUT2D eigenvalue weighted by Gasteiger charge is -2.11. The van der Waals surface area contributed by atoms with E-state index in [1.54, 1.807) is 4.68 Å². The molecule has 0 atom stereocenters.